The van der Waals surface area contributed by atoms with Gasteiger partial charge in [-0.05, 0) is 30.2 Å². The van der Waals surface area contributed by atoms with Crippen molar-refractivity contribution in [3.8, 4) is 0 Å². The third-order valence-electron chi connectivity index (χ3n) is 2.83. The van der Waals surface area contributed by atoms with Crippen molar-refractivity contribution in [2.24, 2.45) is 0 Å². The lowest BCUT2D eigenvalue weighted by atomic mass is 10.1. The number of aromatic nitrogens is 2. The Balaban J connectivity index is 2.15. The number of rotatable bonds is 5. The van der Waals surface area contributed by atoms with E-state index in [9.17, 15) is 4.79 Å². The smallest absolute Gasteiger partial charge is 0.339 e. The average molecular weight is 323 g/mol. The van der Waals surface area contributed by atoms with Crippen molar-refractivity contribution in [3.05, 3.63) is 52.6 Å². The summed E-state index contributed by atoms with van der Waals surface area (Å²) in [5.41, 5.74) is 0.745. The van der Waals surface area contributed by atoms with E-state index < -0.39 is 5.97 Å². The van der Waals surface area contributed by atoms with Crippen LogP contribution in [-0.2, 0) is 5.75 Å². The summed E-state index contributed by atoms with van der Waals surface area (Å²) in [4.78, 5) is 20.7. The molecule has 0 aliphatic rings. The summed E-state index contributed by atoms with van der Waals surface area (Å²) < 4.78 is 0. The van der Waals surface area contributed by atoms with Gasteiger partial charge in [0.05, 0.1) is 17.0 Å². The fraction of sp³-hybridized carbons (Fsp3) is 0.267. The number of benzene rings is 1. The molecule has 0 bridgehead atoms. The molecule has 0 saturated heterocycles. The molecule has 0 amide bonds. The highest BCUT2D eigenvalue weighted by Crippen LogP contribution is 2.24. The first kappa shape index (κ1) is 15.8. The van der Waals surface area contributed by atoms with E-state index in [1.807, 2.05) is 38.1 Å². The number of nitrogens with zero attached hydrogens (tertiary/aromatic N) is 2. The molecule has 4 nitrogen and oxygen atoms in total. The molecule has 0 fully saturated rings. The summed E-state index contributed by atoms with van der Waals surface area (Å²) in [6, 6.07) is 7.53. The molecule has 110 valence electrons. The Labute approximate surface area is 132 Å². The van der Waals surface area contributed by atoms with Gasteiger partial charge in [0.15, 0.2) is 0 Å². The van der Waals surface area contributed by atoms with Crippen LogP contribution in [0.25, 0.3) is 0 Å². The fourth-order valence-corrected chi connectivity index (χ4v) is 2.68. The number of carboxylic acids is 1. The molecule has 0 saturated carbocycles. The van der Waals surface area contributed by atoms with Gasteiger partial charge in [-0.3, -0.25) is 0 Å². The molecule has 0 aliphatic heterocycles. The van der Waals surface area contributed by atoms with Gasteiger partial charge in [0.1, 0.15) is 5.82 Å². The summed E-state index contributed by atoms with van der Waals surface area (Å²) >= 11 is 7.43. The van der Waals surface area contributed by atoms with Crippen LogP contribution in [0.1, 0.15) is 41.6 Å². The number of halogens is 1. The molecule has 0 atom stereocenters. The van der Waals surface area contributed by atoms with Crippen LogP contribution in [0.5, 0.6) is 0 Å². The molecule has 2 aromatic rings. The van der Waals surface area contributed by atoms with Crippen LogP contribution >= 0.6 is 23.4 Å². The van der Waals surface area contributed by atoms with E-state index in [-0.39, 0.29) is 11.5 Å². The Hall–Kier alpha value is -1.59. The minimum Gasteiger partial charge on any atom is -0.478 e. The van der Waals surface area contributed by atoms with Crippen LogP contribution in [0.2, 0.25) is 5.02 Å². The average Bonchev–Trinajstić information content (AvgIpc) is 2.46. The minimum atomic E-state index is -0.990. The first-order chi connectivity index (χ1) is 9.97. The van der Waals surface area contributed by atoms with E-state index in [0.29, 0.717) is 22.3 Å². The summed E-state index contributed by atoms with van der Waals surface area (Å²) in [5.74, 6) is 0.263. The van der Waals surface area contributed by atoms with Gasteiger partial charge in [0, 0.05) is 16.1 Å². The van der Waals surface area contributed by atoms with Gasteiger partial charge in [0.25, 0.3) is 0 Å². The molecule has 1 N–H and O–H groups in total. The van der Waals surface area contributed by atoms with Gasteiger partial charge >= 0.3 is 5.97 Å². The lowest BCUT2D eigenvalue weighted by Gasteiger charge is -2.10. The second-order valence-electron chi connectivity index (χ2n) is 4.79. The number of carbonyl (C=O) groups is 1. The molecule has 1 heterocycles. The fourth-order valence-electron chi connectivity index (χ4n) is 1.79. The Bertz CT molecular complexity index is 645. The predicted octanol–water partition coefficient (Wildman–Crippen LogP) is 4.24. The van der Waals surface area contributed by atoms with E-state index >= 15 is 0 Å². The monoisotopic (exact) mass is 322 g/mol. The zero-order chi connectivity index (χ0) is 15.4. The van der Waals surface area contributed by atoms with Gasteiger partial charge in [0.2, 0.25) is 0 Å². The van der Waals surface area contributed by atoms with E-state index in [0.717, 1.165) is 4.90 Å². The SMILES string of the molecule is CC(C)c1nc(CSc2ccc(Cl)cc2)ncc1C(=O)O. The molecule has 2 rings (SSSR count). The number of thioether (sulfide) groups is 1. The summed E-state index contributed by atoms with van der Waals surface area (Å²) in [5, 5.41) is 9.84. The van der Waals surface area contributed by atoms with Crippen molar-refractivity contribution < 1.29 is 9.90 Å². The quantitative estimate of drug-likeness (QED) is 0.834. The van der Waals surface area contributed by atoms with Crippen LogP contribution in [0, 0.1) is 0 Å². The second-order valence-corrected chi connectivity index (χ2v) is 6.27. The van der Waals surface area contributed by atoms with Crippen LogP contribution in [0.3, 0.4) is 0 Å². The number of hydrogen-bond donors (Lipinski definition) is 1. The lowest BCUT2D eigenvalue weighted by molar-refractivity contribution is 0.0694. The second kappa shape index (κ2) is 6.91. The third-order valence-corrected chi connectivity index (χ3v) is 4.09. The van der Waals surface area contributed by atoms with E-state index in [4.69, 9.17) is 16.7 Å². The summed E-state index contributed by atoms with van der Waals surface area (Å²) in [6.07, 6.45) is 1.39. The van der Waals surface area contributed by atoms with Crippen molar-refractivity contribution in [3.63, 3.8) is 0 Å². The largest absolute Gasteiger partial charge is 0.478 e. The molecule has 1 aromatic carbocycles. The van der Waals surface area contributed by atoms with E-state index in [1.54, 1.807) is 11.8 Å². The van der Waals surface area contributed by atoms with Crippen LogP contribution in [-0.4, -0.2) is 21.0 Å². The molecule has 6 heteroatoms. The molecular weight excluding hydrogens is 308 g/mol. The molecule has 0 aliphatic carbocycles. The van der Waals surface area contributed by atoms with Gasteiger partial charge in [-0.25, -0.2) is 14.8 Å². The maximum Gasteiger partial charge on any atom is 0.339 e. The lowest BCUT2D eigenvalue weighted by Crippen LogP contribution is -2.09. The van der Waals surface area contributed by atoms with Crippen LogP contribution in [0.4, 0.5) is 0 Å². The van der Waals surface area contributed by atoms with Gasteiger partial charge in [-0.15, -0.1) is 11.8 Å². The molecule has 0 unspecified atom stereocenters. The van der Waals surface area contributed by atoms with E-state index in [2.05, 4.69) is 9.97 Å². The van der Waals surface area contributed by atoms with Crippen LogP contribution in [0.15, 0.2) is 35.4 Å². The molecule has 1 aromatic heterocycles. The molecule has 21 heavy (non-hydrogen) atoms. The van der Waals surface area contributed by atoms with E-state index in [1.165, 1.54) is 6.20 Å². The molecule has 0 radical (unpaired) electrons. The normalized spacial score (nSPS) is 10.9. The summed E-state index contributed by atoms with van der Waals surface area (Å²) in [6.45, 7) is 3.84. The topological polar surface area (TPSA) is 63.1 Å². The predicted molar refractivity (Wildman–Crippen MR) is 84.1 cm³/mol. The number of aromatic carboxylic acids is 1. The maximum atomic E-state index is 11.2. The number of carboxylic acid groups (broad SMARTS) is 1. The highest BCUT2D eigenvalue weighted by Gasteiger charge is 2.16. The van der Waals surface area contributed by atoms with Crippen molar-refractivity contribution in [1.29, 1.82) is 0 Å². The Morgan fingerprint density at radius 3 is 2.57 bits per heavy atom. The Kier molecular flexibility index (Phi) is 5.20. The molecular formula is C15H15ClN2O2S. The zero-order valence-corrected chi connectivity index (χ0v) is 13.3. The minimum absolute atomic E-state index is 0.0402. The zero-order valence-electron chi connectivity index (χ0n) is 11.7. The third kappa shape index (κ3) is 4.19. The number of hydrogen-bond acceptors (Lipinski definition) is 4. The summed E-state index contributed by atoms with van der Waals surface area (Å²) in [7, 11) is 0. The first-order valence-corrected chi connectivity index (χ1v) is 7.81. The van der Waals surface area contributed by atoms with Crippen molar-refractivity contribution in [2.75, 3.05) is 0 Å². The van der Waals surface area contributed by atoms with Crippen molar-refractivity contribution in [1.82, 2.24) is 9.97 Å². The van der Waals surface area contributed by atoms with Crippen LogP contribution < -0.4 is 0 Å². The van der Waals surface area contributed by atoms with Gasteiger partial charge < -0.3 is 5.11 Å². The van der Waals surface area contributed by atoms with Gasteiger partial charge in [-0.2, -0.15) is 0 Å². The molecule has 0 spiro atoms. The first-order valence-electron chi connectivity index (χ1n) is 6.45. The van der Waals surface area contributed by atoms with Crippen molar-refractivity contribution in [2.45, 2.75) is 30.4 Å². The Morgan fingerprint density at radius 1 is 1.33 bits per heavy atom. The highest BCUT2D eigenvalue weighted by atomic mass is 35.5. The van der Waals surface area contributed by atoms with Gasteiger partial charge in [-0.1, -0.05) is 25.4 Å². The standard InChI is InChI=1S/C15H15ClN2O2S/c1-9(2)14-12(15(19)20)7-17-13(18-14)8-21-11-5-3-10(16)4-6-11/h3-7,9H,8H2,1-2H3,(H,19,20). The Morgan fingerprint density at radius 2 is 2.00 bits per heavy atom. The highest BCUT2D eigenvalue weighted by molar-refractivity contribution is 7.98. The van der Waals surface area contributed by atoms with Crippen molar-refractivity contribution >= 4 is 29.3 Å². The maximum absolute atomic E-state index is 11.2.